The number of amides is 1. The fourth-order valence-corrected chi connectivity index (χ4v) is 5.06. The zero-order chi connectivity index (χ0) is 16.7. The molecule has 0 fully saturated rings. The highest BCUT2D eigenvalue weighted by Crippen LogP contribution is 2.43. The second-order valence-electron chi connectivity index (χ2n) is 6.58. The molecule has 2 atom stereocenters. The molecule has 5 heteroatoms. The van der Waals surface area contributed by atoms with Crippen molar-refractivity contribution in [2.45, 2.75) is 39.3 Å². The van der Waals surface area contributed by atoms with E-state index in [0.29, 0.717) is 12.5 Å². The predicted octanol–water partition coefficient (Wildman–Crippen LogP) is 4.13. The van der Waals surface area contributed by atoms with E-state index >= 15 is 0 Å². The standard InChI is InChI=1S/C19H22N2O2S/c1-3-23-14-7-5-4-6-12(14)17-20-18(22)16-13-9-8-11(2)10-15(13)24-19(16)21-17/h4-7,11,17,21H,3,8-10H2,1-2H3,(H,20,22)/t11-,17-/m0/s1. The van der Waals surface area contributed by atoms with E-state index in [1.165, 1.54) is 16.9 Å². The monoisotopic (exact) mass is 342 g/mol. The number of fused-ring (bicyclic) bond motifs is 3. The van der Waals surface area contributed by atoms with Gasteiger partial charge in [0.05, 0.1) is 12.2 Å². The molecule has 0 unspecified atom stereocenters. The van der Waals surface area contributed by atoms with Crippen molar-refractivity contribution >= 4 is 22.2 Å². The minimum atomic E-state index is -0.245. The second kappa shape index (κ2) is 6.13. The molecule has 0 spiro atoms. The van der Waals surface area contributed by atoms with E-state index in [2.05, 4.69) is 17.6 Å². The molecule has 4 rings (SSSR count). The van der Waals surface area contributed by atoms with Gasteiger partial charge in [0.1, 0.15) is 16.9 Å². The molecule has 1 aliphatic carbocycles. The van der Waals surface area contributed by atoms with Gasteiger partial charge >= 0.3 is 0 Å². The number of carbonyl (C=O) groups is 1. The maximum Gasteiger partial charge on any atom is 0.256 e. The quantitative estimate of drug-likeness (QED) is 0.882. The van der Waals surface area contributed by atoms with Crippen LogP contribution in [0.3, 0.4) is 0 Å². The lowest BCUT2D eigenvalue weighted by Gasteiger charge is -2.28. The molecule has 24 heavy (non-hydrogen) atoms. The molecule has 0 saturated carbocycles. The number of carbonyl (C=O) groups excluding carboxylic acids is 1. The second-order valence-corrected chi connectivity index (χ2v) is 7.68. The van der Waals surface area contributed by atoms with Crippen molar-refractivity contribution in [1.82, 2.24) is 5.32 Å². The topological polar surface area (TPSA) is 50.4 Å². The lowest BCUT2D eigenvalue weighted by molar-refractivity contribution is 0.0934. The molecule has 0 saturated heterocycles. The zero-order valence-corrected chi connectivity index (χ0v) is 14.8. The minimum Gasteiger partial charge on any atom is -0.493 e. The van der Waals surface area contributed by atoms with Gasteiger partial charge in [-0.2, -0.15) is 0 Å². The lowest BCUT2D eigenvalue weighted by atomic mass is 9.88. The van der Waals surface area contributed by atoms with Gasteiger partial charge in [-0.15, -0.1) is 11.3 Å². The molecule has 1 amide bonds. The van der Waals surface area contributed by atoms with Crippen LogP contribution in [0.1, 0.15) is 52.8 Å². The van der Waals surface area contributed by atoms with Gasteiger partial charge < -0.3 is 15.4 Å². The first-order valence-electron chi connectivity index (χ1n) is 8.61. The number of para-hydroxylation sites is 1. The summed E-state index contributed by atoms with van der Waals surface area (Å²) >= 11 is 1.75. The Balaban J connectivity index is 1.69. The molecule has 0 bridgehead atoms. The zero-order valence-electron chi connectivity index (χ0n) is 14.0. The summed E-state index contributed by atoms with van der Waals surface area (Å²) in [5, 5.41) is 7.64. The van der Waals surface area contributed by atoms with Gasteiger partial charge in [0.2, 0.25) is 0 Å². The SMILES string of the molecule is CCOc1ccccc1[C@H]1NC(=O)c2c(sc3c2CC[C@H](C)C3)N1. The van der Waals surface area contributed by atoms with Gasteiger partial charge in [-0.25, -0.2) is 0 Å². The van der Waals surface area contributed by atoms with E-state index in [9.17, 15) is 4.79 Å². The Bertz CT molecular complexity index is 784. The van der Waals surface area contributed by atoms with E-state index < -0.39 is 0 Å². The van der Waals surface area contributed by atoms with Crippen LogP contribution in [0.4, 0.5) is 5.00 Å². The summed E-state index contributed by atoms with van der Waals surface area (Å²) in [6, 6.07) is 7.88. The molecule has 4 nitrogen and oxygen atoms in total. The smallest absolute Gasteiger partial charge is 0.256 e. The van der Waals surface area contributed by atoms with Gasteiger partial charge in [-0.1, -0.05) is 25.1 Å². The van der Waals surface area contributed by atoms with Crippen molar-refractivity contribution in [2.24, 2.45) is 5.92 Å². The fourth-order valence-electron chi connectivity index (χ4n) is 3.62. The number of thiophene rings is 1. The van der Waals surface area contributed by atoms with Crippen LogP contribution in [0.2, 0.25) is 0 Å². The number of hydrogen-bond donors (Lipinski definition) is 2. The molecule has 1 aromatic carbocycles. The van der Waals surface area contributed by atoms with E-state index in [-0.39, 0.29) is 12.1 Å². The van der Waals surface area contributed by atoms with E-state index in [1.54, 1.807) is 11.3 Å². The van der Waals surface area contributed by atoms with Gasteiger partial charge in [-0.05, 0) is 43.7 Å². The Labute approximate surface area is 146 Å². The molecule has 2 N–H and O–H groups in total. The van der Waals surface area contributed by atoms with Crippen LogP contribution in [-0.4, -0.2) is 12.5 Å². The van der Waals surface area contributed by atoms with E-state index in [1.807, 2.05) is 31.2 Å². The van der Waals surface area contributed by atoms with Crippen LogP contribution in [0.5, 0.6) is 5.75 Å². The first kappa shape index (κ1) is 15.5. The number of hydrogen-bond acceptors (Lipinski definition) is 4. The van der Waals surface area contributed by atoms with Crippen LogP contribution >= 0.6 is 11.3 Å². The molecule has 126 valence electrons. The third kappa shape index (κ3) is 2.57. The third-order valence-corrected chi connectivity index (χ3v) is 6.01. The van der Waals surface area contributed by atoms with Crippen molar-refractivity contribution in [1.29, 1.82) is 0 Å². The summed E-state index contributed by atoms with van der Waals surface area (Å²) < 4.78 is 5.72. The molecule has 2 aliphatic rings. The predicted molar refractivity (Wildman–Crippen MR) is 96.9 cm³/mol. The molecule has 2 aromatic rings. The van der Waals surface area contributed by atoms with E-state index in [4.69, 9.17) is 4.74 Å². The molecule has 1 aromatic heterocycles. The van der Waals surface area contributed by atoms with Gasteiger partial charge in [0.25, 0.3) is 5.91 Å². The van der Waals surface area contributed by atoms with Gasteiger partial charge in [0, 0.05) is 10.4 Å². The van der Waals surface area contributed by atoms with Gasteiger partial charge in [-0.3, -0.25) is 4.79 Å². The summed E-state index contributed by atoms with van der Waals surface area (Å²) in [5.74, 6) is 1.55. The summed E-state index contributed by atoms with van der Waals surface area (Å²) in [5.41, 5.74) is 3.10. The summed E-state index contributed by atoms with van der Waals surface area (Å²) in [4.78, 5) is 14.1. The summed E-state index contributed by atoms with van der Waals surface area (Å²) in [7, 11) is 0. The van der Waals surface area contributed by atoms with Crippen molar-refractivity contribution < 1.29 is 9.53 Å². The van der Waals surface area contributed by atoms with Crippen molar-refractivity contribution in [3.8, 4) is 5.75 Å². The highest BCUT2D eigenvalue weighted by atomic mass is 32.1. The highest BCUT2D eigenvalue weighted by Gasteiger charge is 2.33. The van der Waals surface area contributed by atoms with Crippen LogP contribution in [-0.2, 0) is 12.8 Å². The Kier molecular flexibility index (Phi) is 3.96. The number of rotatable bonds is 3. The maximum atomic E-state index is 12.8. The molecular formula is C19H22N2O2S. The minimum absolute atomic E-state index is 0.0344. The molecular weight excluding hydrogens is 320 g/mol. The molecule has 2 heterocycles. The Hall–Kier alpha value is -2.01. The Morgan fingerprint density at radius 1 is 1.29 bits per heavy atom. The third-order valence-electron chi connectivity index (χ3n) is 4.82. The van der Waals surface area contributed by atoms with E-state index in [0.717, 1.165) is 34.7 Å². The lowest BCUT2D eigenvalue weighted by Crippen LogP contribution is -2.38. The average Bonchev–Trinajstić information content (AvgIpc) is 2.93. The maximum absolute atomic E-state index is 12.8. The van der Waals surface area contributed by atoms with Crippen LogP contribution in [0.25, 0.3) is 0 Å². The normalized spacial score (nSPS) is 22.2. The number of anilines is 1. The van der Waals surface area contributed by atoms with Crippen molar-refractivity contribution in [3.63, 3.8) is 0 Å². The highest BCUT2D eigenvalue weighted by molar-refractivity contribution is 7.16. The van der Waals surface area contributed by atoms with Crippen LogP contribution in [0.15, 0.2) is 24.3 Å². The number of nitrogens with one attached hydrogen (secondary N) is 2. The first-order valence-corrected chi connectivity index (χ1v) is 9.42. The first-order chi connectivity index (χ1) is 11.7. The summed E-state index contributed by atoms with van der Waals surface area (Å²) in [6.45, 7) is 4.86. The molecule has 1 aliphatic heterocycles. The van der Waals surface area contributed by atoms with Crippen molar-refractivity contribution in [2.75, 3.05) is 11.9 Å². The summed E-state index contributed by atoms with van der Waals surface area (Å²) in [6.07, 6.45) is 3.02. The fraction of sp³-hybridized carbons (Fsp3) is 0.421. The van der Waals surface area contributed by atoms with Crippen LogP contribution in [0, 0.1) is 5.92 Å². The Morgan fingerprint density at radius 2 is 2.12 bits per heavy atom. The van der Waals surface area contributed by atoms with Crippen LogP contribution < -0.4 is 15.4 Å². The van der Waals surface area contributed by atoms with Gasteiger partial charge in [0.15, 0.2) is 0 Å². The van der Waals surface area contributed by atoms with Crippen molar-refractivity contribution in [3.05, 3.63) is 45.8 Å². The Morgan fingerprint density at radius 3 is 2.96 bits per heavy atom. The number of ether oxygens (including phenoxy) is 1. The average molecular weight is 342 g/mol. The largest absolute Gasteiger partial charge is 0.493 e. The molecule has 0 radical (unpaired) electrons. The number of benzene rings is 1.